The molecular formula is C26H24Br2N2O6. The Morgan fingerprint density at radius 1 is 0.889 bits per heavy atom. The van der Waals surface area contributed by atoms with Crippen molar-refractivity contribution in [3.63, 3.8) is 0 Å². The molecule has 0 saturated heterocycles. The molecule has 0 aliphatic rings. The van der Waals surface area contributed by atoms with E-state index in [0.29, 0.717) is 50.5 Å². The molecule has 188 valence electrons. The highest BCUT2D eigenvalue weighted by Crippen LogP contribution is 2.35. The summed E-state index contributed by atoms with van der Waals surface area (Å²) in [6.45, 7) is 4.93. The van der Waals surface area contributed by atoms with Gasteiger partial charge >= 0.3 is 5.97 Å². The van der Waals surface area contributed by atoms with Crippen LogP contribution in [0.15, 0.2) is 68.6 Å². The molecule has 0 bridgehead atoms. The molecule has 0 aromatic heterocycles. The standard InChI is InChI=1S/C26H24Br2N2O6/c1-3-34-22-10-9-19(13-23(22)35-4-2)25(31)30-29-14-17-11-20(27)24(21(28)12-17)36-15-16-5-7-18(8-6-16)26(32)33/h5-14H,3-4,15H2,1-2H3,(H,30,31)(H,32,33)/b29-14+. The summed E-state index contributed by atoms with van der Waals surface area (Å²) in [5.74, 6) is 0.292. The van der Waals surface area contributed by atoms with Crippen LogP contribution in [0.2, 0.25) is 0 Å². The Kier molecular flexibility index (Phi) is 9.89. The van der Waals surface area contributed by atoms with Gasteiger partial charge in [0, 0.05) is 5.56 Å². The Hall–Kier alpha value is -3.37. The minimum Gasteiger partial charge on any atom is -0.490 e. The Labute approximate surface area is 225 Å². The molecule has 0 spiro atoms. The first-order valence-corrected chi connectivity index (χ1v) is 12.6. The predicted octanol–water partition coefficient (Wildman–Crippen LogP) is 6.05. The summed E-state index contributed by atoms with van der Waals surface area (Å²) < 4.78 is 18.3. The van der Waals surface area contributed by atoms with Crippen molar-refractivity contribution >= 4 is 50.0 Å². The van der Waals surface area contributed by atoms with Crippen LogP contribution in [0.1, 0.15) is 45.7 Å². The number of nitrogens with one attached hydrogen (secondary N) is 1. The number of benzene rings is 3. The quantitative estimate of drug-likeness (QED) is 0.200. The third-order valence-corrected chi connectivity index (χ3v) is 5.97. The number of carboxylic acids is 1. The molecule has 1 amide bonds. The number of nitrogens with zero attached hydrogens (tertiary/aromatic N) is 1. The second kappa shape index (κ2) is 13.1. The third kappa shape index (κ3) is 7.32. The van der Waals surface area contributed by atoms with E-state index in [0.717, 1.165) is 5.56 Å². The number of amides is 1. The number of carbonyl (C=O) groups is 2. The van der Waals surface area contributed by atoms with Gasteiger partial charge in [-0.3, -0.25) is 4.79 Å². The van der Waals surface area contributed by atoms with Gasteiger partial charge in [-0.2, -0.15) is 5.10 Å². The number of carbonyl (C=O) groups excluding carboxylic acids is 1. The first-order valence-electron chi connectivity index (χ1n) is 11.0. The number of rotatable bonds is 11. The van der Waals surface area contributed by atoms with Crippen LogP contribution in [0.25, 0.3) is 0 Å². The molecule has 36 heavy (non-hydrogen) atoms. The lowest BCUT2D eigenvalue weighted by atomic mass is 10.1. The van der Waals surface area contributed by atoms with Gasteiger partial charge < -0.3 is 19.3 Å². The summed E-state index contributed by atoms with van der Waals surface area (Å²) in [6.07, 6.45) is 1.51. The van der Waals surface area contributed by atoms with E-state index in [-0.39, 0.29) is 18.1 Å². The van der Waals surface area contributed by atoms with Crippen molar-refractivity contribution in [1.29, 1.82) is 0 Å². The average molecular weight is 620 g/mol. The van der Waals surface area contributed by atoms with E-state index in [4.69, 9.17) is 19.3 Å². The first-order chi connectivity index (χ1) is 17.3. The highest BCUT2D eigenvalue weighted by atomic mass is 79.9. The van der Waals surface area contributed by atoms with E-state index >= 15 is 0 Å². The highest BCUT2D eigenvalue weighted by molar-refractivity contribution is 9.11. The molecule has 0 heterocycles. The molecule has 3 rings (SSSR count). The predicted molar refractivity (Wildman–Crippen MR) is 143 cm³/mol. The molecular weight excluding hydrogens is 596 g/mol. The lowest BCUT2D eigenvalue weighted by Crippen LogP contribution is -2.17. The second-order valence-corrected chi connectivity index (χ2v) is 9.04. The number of ether oxygens (including phenoxy) is 3. The van der Waals surface area contributed by atoms with Gasteiger partial charge in [0.2, 0.25) is 0 Å². The van der Waals surface area contributed by atoms with Gasteiger partial charge in [0.15, 0.2) is 11.5 Å². The van der Waals surface area contributed by atoms with E-state index in [1.54, 1.807) is 42.5 Å². The van der Waals surface area contributed by atoms with Crippen LogP contribution in [0.4, 0.5) is 0 Å². The summed E-state index contributed by atoms with van der Waals surface area (Å²) >= 11 is 6.99. The molecule has 2 N–H and O–H groups in total. The minimum atomic E-state index is -0.976. The van der Waals surface area contributed by atoms with Crippen LogP contribution in [0, 0.1) is 0 Å². The highest BCUT2D eigenvalue weighted by Gasteiger charge is 2.12. The van der Waals surface area contributed by atoms with E-state index in [1.807, 2.05) is 13.8 Å². The Morgan fingerprint density at radius 2 is 1.50 bits per heavy atom. The van der Waals surface area contributed by atoms with Gasteiger partial charge in [-0.1, -0.05) is 12.1 Å². The van der Waals surface area contributed by atoms with Gasteiger partial charge in [0.05, 0.1) is 33.9 Å². The van der Waals surface area contributed by atoms with Crippen molar-refractivity contribution in [2.24, 2.45) is 5.10 Å². The zero-order valence-electron chi connectivity index (χ0n) is 19.6. The molecule has 3 aromatic carbocycles. The van der Waals surface area contributed by atoms with Crippen molar-refractivity contribution in [1.82, 2.24) is 5.43 Å². The summed E-state index contributed by atoms with van der Waals surface area (Å²) in [6, 6.07) is 15.0. The van der Waals surface area contributed by atoms with Crippen LogP contribution in [-0.2, 0) is 6.61 Å². The van der Waals surface area contributed by atoms with E-state index in [9.17, 15) is 9.59 Å². The van der Waals surface area contributed by atoms with Crippen molar-refractivity contribution in [2.75, 3.05) is 13.2 Å². The number of hydrogen-bond donors (Lipinski definition) is 2. The maximum absolute atomic E-state index is 12.5. The van der Waals surface area contributed by atoms with Gasteiger partial charge in [0.25, 0.3) is 5.91 Å². The molecule has 0 aliphatic carbocycles. The fourth-order valence-corrected chi connectivity index (χ4v) is 4.56. The van der Waals surface area contributed by atoms with Gasteiger partial charge in [0.1, 0.15) is 12.4 Å². The van der Waals surface area contributed by atoms with Crippen molar-refractivity contribution < 1.29 is 28.9 Å². The van der Waals surface area contributed by atoms with Crippen molar-refractivity contribution in [3.05, 3.63) is 85.8 Å². The van der Waals surface area contributed by atoms with Crippen LogP contribution in [-0.4, -0.2) is 36.4 Å². The molecule has 0 atom stereocenters. The summed E-state index contributed by atoms with van der Waals surface area (Å²) in [7, 11) is 0. The molecule has 0 saturated carbocycles. The Balaban J connectivity index is 1.63. The Morgan fingerprint density at radius 3 is 2.11 bits per heavy atom. The minimum absolute atomic E-state index is 0.217. The monoisotopic (exact) mass is 618 g/mol. The maximum atomic E-state index is 12.5. The second-order valence-electron chi connectivity index (χ2n) is 7.33. The molecule has 0 fully saturated rings. The largest absolute Gasteiger partial charge is 0.490 e. The zero-order chi connectivity index (χ0) is 26.1. The number of hydrazone groups is 1. The van der Waals surface area contributed by atoms with E-state index in [1.165, 1.54) is 18.3 Å². The van der Waals surface area contributed by atoms with E-state index < -0.39 is 5.97 Å². The molecule has 0 aliphatic heterocycles. The van der Waals surface area contributed by atoms with Crippen LogP contribution < -0.4 is 19.6 Å². The fourth-order valence-electron chi connectivity index (χ4n) is 3.11. The van der Waals surface area contributed by atoms with Crippen molar-refractivity contribution in [2.45, 2.75) is 20.5 Å². The van der Waals surface area contributed by atoms with E-state index in [2.05, 4.69) is 42.4 Å². The third-order valence-electron chi connectivity index (χ3n) is 4.79. The SMILES string of the molecule is CCOc1ccc(C(=O)N/N=C/c2cc(Br)c(OCc3ccc(C(=O)O)cc3)c(Br)c2)cc1OCC. The average Bonchev–Trinajstić information content (AvgIpc) is 2.85. The smallest absolute Gasteiger partial charge is 0.335 e. The summed E-state index contributed by atoms with van der Waals surface area (Å²) in [5.41, 5.74) is 4.66. The fraction of sp³-hybridized carbons (Fsp3) is 0.192. The number of halogens is 2. The molecule has 8 nitrogen and oxygen atoms in total. The number of aromatic carboxylic acids is 1. The van der Waals surface area contributed by atoms with Gasteiger partial charge in [-0.25, -0.2) is 10.2 Å². The maximum Gasteiger partial charge on any atom is 0.335 e. The number of carboxylic acid groups (broad SMARTS) is 1. The first kappa shape index (κ1) is 27.2. The molecule has 0 radical (unpaired) electrons. The normalized spacial score (nSPS) is 10.8. The molecule has 3 aromatic rings. The van der Waals surface area contributed by atoms with Crippen molar-refractivity contribution in [3.8, 4) is 17.2 Å². The zero-order valence-corrected chi connectivity index (χ0v) is 22.8. The molecule has 0 unspecified atom stereocenters. The summed E-state index contributed by atoms with van der Waals surface area (Å²) in [5, 5.41) is 13.1. The molecule has 10 heteroatoms. The lowest BCUT2D eigenvalue weighted by molar-refractivity contribution is 0.0696. The lowest BCUT2D eigenvalue weighted by Gasteiger charge is -2.12. The van der Waals surface area contributed by atoms with Crippen LogP contribution in [0.5, 0.6) is 17.2 Å². The van der Waals surface area contributed by atoms with Crippen LogP contribution in [0.3, 0.4) is 0 Å². The van der Waals surface area contributed by atoms with Crippen LogP contribution >= 0.6 is 31.9 Å². The van der Waals surface area contributed by atoms with Gasteiger partial charge in [-0.15, -0.1) is 0 Å². The van der Waals surface area contributed by atoms with Gasteiger partial charge in [-0.05, 0) is 99.3 Å². The topological polar surface area (TPSA) is 106 Å². The number of hydrogen-bond acceptors (Lipinski definition) is 6. The summed E-state index contributed by atoms with van der Waals surface area (Å²) in [4.78, 5) is 23.5. The Bertz CT molecular complexity index is 1240.